The molecule has 2 aromatic rings. The van der Waals surface area contributed by atoms with Crippen molar-refractivity contribution in [1.29, 1.82) is 0 Å². The number of likely N-dealkylation sites (tertiary alicyclic amines) is 1. The molecule has 1 saturated heterocycles. The third-order valence-corrected chi connectivity index (χ3v) is 6.31. The van der Waals surface area contributed by atoms with E-state index in [1.807, 2.05) is 0 Å². The minimum absolute atomic E-state index is 0.0841. The summed E-state index contributed by atoms with van der Waals surface area (Å²) in [5.74, 6) is -10.8. The number of carbonyl (C=O) groups is 2. The zero-order chi connectivity index (χ0) is 24.7. The van der Waals surface area contributed by atoms with Crippen LogP contribution in [-0.2, 0) is 14.6 Å². The van der Waals surface area contributed by atoms with Crippen LogP contribution in [-0.4, -0.2) is 57.1 Å². The third kappa shape index (κ3) is 5.17. The van der Waals surface area contributed by atoms with Crippen molar-refractivity contribution in [3.8, 4) is 5.75 Å². The zero-order valence-electron chi connectivity index (χ0n) is 16.6. The van der Waals surface area contributed by atoms with Crippen LogP contribution in [0.1, 0.15) is 10.4 Å². The Kier molecular flexibility index (Phi) is 7.10. The first-order valence-electron chi connectivity index (χ1n) is 9.03. The molecule has 0 saturated carbocycles. The number of amides is 2. The van der Waals surface area contributed by atoms with Gasteiger partial charge in [0.1, 0.15) is 10.6 Å². The normalized spacial score (nSPS) is 14.1. The van der Waals surface area contributed by atoms with E-state index >= 15 is 0 Å². The van der Waals surface area contributed by atoms with Gasteiger partial charge in [-0.2, -0.15) is 0 Å². The van der Waals surface area contributed by atoms with Crippen LogP contribution in [0.2, 0.25) is 10.0 Å². The first kappa shape index (κ1) is 25.1. The SMILES string of the molecule is CS(=O)(=O)c1c(F)c(F)c(F)c(F)c1C(=O)NC1CN(C(=O)COc2cc(Cl)ccc2Cl)C1. The smallest absolute Gasteiger partial charge is 0.260 e. The monoisotopic (exact) mass is 528 g/mol. The molecule has 0 radical (unpaired) electrons. The number of benzene rings is 2. The van der Waals surface area contributed by atoms with Crippen LogP contribution in [0.3, 0.4) is 0 Å². The van der Waals surface area contributed by atoms with Crippen LogP contribution in [0.15, 0.2) is 23.1 Å². The summed E-state index contributed by atoms with van der Waals surface area (Å²) in [4.78, 5) is 24.2. The van der Waals surface area contributed by atoms with Crippen molar-refractivity contribution >= 4 is 44.9 Å². The molecule has 2 amide bonds. The minimum Gasteiger partial charge on any atom is -0.482 e. The van der Waals surface area contributed by atoms with Gasteiger partial charge in [-0.05, 0) is 12.1 Å². The van der Waals surface area contributed by atoms with Crippen LogP contribution in [0, 0.1) is 23.3 Å². The maximum absolute atomic E-state index is 14.2. The predicted molar refractivity (Wildman–Crippen MR) is 109 cm³/mol. The summed E-state index contributed by atoms with van der Waals surface area (Å²) in [6, 6.07) is 3.62. The van der Waals surface area contributed by atoms with Gasteiger partial charge in [0.2, 0.25) is 0 Å². The molecule has 2 aromatic carbocycles. The van der Waals surface area contributed by atoms with Gasteiger partial charge in [0, 0.05) is 30.4 Å². The lowest BCUT2D eigenvalue weighted by molar-refractivity contribution is -0.138. The lowest BCUT2D eigenvalue weighted by Crippen LogP contribution is -2.61. The van der Waals surface area contributed by atoms with Gasteiger partial charge in [-0.25, -0.2) is 26.0 Å². The van der Waals surface area contributed by atoms with Crippen molar-refractivity contribution in [2.24, 2.45) is 0 Å². The second-order valence-electron chi connectivity index (χ2n) is 7.06. The summed E-state index contributed by atoms with van der Waals surface area (Å²) in [6.07, 6.45) is 0.412. The van der Waals surface area contributed by atoms with Crippen LogP contribution in [0.4, 0.5) is 17.6 Å². The summed E-state index contributed by atoms with van der Waals surface area (Å²) >= 11 is 11.8. The molecular formula is C19H14Cl2F4N2O5S. The van der Waals surface area contributed by atoms with Gasteiger partial charge in [-0.15, -0.1) is 0 Å². The van der Waals surface area contributed by atoms with E-state index in [9.17, 15) is 35.6 Å². The molecule has 178 valence electrons. The average molecular weight is 529 g/mol. The third-order valence-electron chi connectivity index (χ3n) is 4.64. The highest BCUT2D eigenvalue weighted by Gasteiger charge is 2.37. The Balaban J connectivity index is 1.66. The van der Waals surface area contributed by atoms with E-state index in [-0.39, 0.29) is 23.9 Å². The maximum atomic E-state index is 14.2. The standard InChI is InChI=1S/C19H14Cl2F4N2O5S/c1-33(30,31)18-13(14(22)15(23)16(24)17(18)25)19(29)26-9-5-27(6-9)12(28)7-32-11-4-8(20)2-3-10(11)21/h2-4,9H,5-7H2,1H3,(H,26,29). The summed E-state index contributed by atoms with van der Waals surface area (Å²) < 4.78 is 84.1. The fourth-order valence-corrected chi connectivity index (χ4v) is 4.31. The van der Waals surface area contributed by atoms with Gasteiger partial charge in [0.05, 0.1) is 16.6 Å². The molecule has 1 aliphatic heterocycles. The molecule has 33 heavy (non-hydrogen) atoms. The lowest BCUT2D eigenvalue weighted by atomic mass is 10.1. The Morgan fingerprint density at radius 2 is 1.70 bits per heavy atom. The minimum atomic E-state index is -4.64. The number of carbonyl (C=O) groups excluding carboxylic acids is 2. The molecule has 1 N–H and O–H groups in total. The lowest BCUT2D eigenvalue weighted by Gasteiger charge is -2.39. The van der Waals surface area contributed by atoms with Crippen LogP contribution in [0.5, 0.6) is 5.75 Å². The molecule has 14 heteroatoms. The van der Waals surface area contributed by atoms with Crippen molar-refractivity contribution in [1.82, 2.24) is 10.2 Å². The number of nitrogens with one attached hydrogen (secondary N) is 1. The van der Waals surface area contributed by atoms with Gasteiger partial charge in [-0.1, -0.05) is 23.2 Å². The van der Waals surface area contributed by atoms with Gasteiger partial charge in [-0.3, -0.25) is 9.59 Å². The van der Waals surface area contributed by atoms with E-state index in [0.29, 0.717) is 11.3 Å². The van der Waals surface area contributed by atoms with Crippen molar-refractivity contribution in [3.63, 3.8) is 0 Å². The number of nitrogens with zero attached hydrogens (tertiary/aromatic N) is 1. The number of sulfone groups is 1. The molecule has 1 fully saturated rings. The second-order valence-corrected chi connectivity index (χ2v) is 9.86. The quantitative estimate of drug-likeness (QED) is 0.269. The summed E-state index contributed by atoms with van der Waals surface area (Å²) in [5.41, 5.74) is -1.49. The number of rotatable bonds is 6. The van der Waals surface area contributed by atoms with Gasteiger partial charge in [0.15, 0.2) is 39.7 Å². The molecule has 0 spiro atoms. The molecule has 7 nitrogen and oxygen atoms in total. The summed E-state index contributed by atoms with van der Waals surface area (Å²) in [6.45, 7) is -0.583. The molecule has 0 bridgehead atoms. The number of hydrogen-bond acceptors (Lipinski definition) is 5. The van der Waals surface area contributed by atoms with E-state index in [1.165, 1.54) is 23.1 Å². The molecule has 0 atom stereocenters. The number of hydrogen-bond donors (Lipinski definition) is 1. The first-order chi connectivity index (χ1) is 15.3. The summed E-state index contributed by atoms with van der Waals surface area (Å²) in [7, 11) is -4.64. The molecule has 0 unspecified atom stereocenters. The number of halogens is 6. The van der Waals surface area contributed by atoms with Gasteiger partial charge in [0.25, 0.3) is 11.8 Å². The highest BCUT2D eigenvalue weighted by Crippen LogP contribution is 2.29. The van der Waals surface area contributed by atoms with E-state index < -0.39 is 68.0 Å². The van der Waals surface area contributed by atoms with Crippen molar-refractivity contribution < 1.29 is 40.3 Å². The fraction of sp³-hybridized carbons (Fsp3) is 0.263. The Morgan fingerprint density at radius 3 is 2.30 bits per heavy atom. The van der Waals surface area contributed by atoms with Crippen LogP contribution < -0.4 is 10.1 Å². The van der Waals surface area contributed by atoms with E-state index in [2.05, 4.69) is 5.32 Å². The van der Waals surface area contributed by atoms with Gasteiger partial charge >= 0.3 is 0 Å². The Bertz CT molecular complexity index is 1250. The molecule has 3 rings (SSSR count). The zero-order valence-corrected chi connectivity index (χ0v) is 18.9. The Labute approximate surface area is 195 Å². The highest BCUT2D eigenvalue weighted by atomic mass is 35.5. The average Bonchev–Trinajstić information content (AvgIpc) is 2.70. The maximum Gasteiger partial charge on any atom is 0.260 e. The highest BCUT2D eigenvalue weighted by molar-refractivity contribution is 7.90. The van der Waals surface area contributed by atoms with E-state index in [1.54, 1.807) is 0 Å². The van der Waals surface area contributed by atoms with Crippen LogP contribution in [0.25, 0.3) is 0 Å². The molecule has 0 aliphatic carbocycles. The molecule has 1 heterocycles. The largest absolute Gasteiger partial charge is 0.482 e. The van der Waals surface area contributed by atoms with Gasteiger partial charge < -0.3 is 15.0 Å². The molecular weight excluding hydrogens is 515 g/mol. The van der Waals surface area contributed by atoms with Crippen LogP contribution >= 0.6 is 23.2 Å². The Morgan fingerprint density at radius 1 is 1.09 bits per heavy atom. The van der Waals surface area contributed by atoms with Crippen molar-refractivity contribution in [2.45, 2.75) is 10.9 Å². The topological polar surface area (TPSA) is 92.8 Å². The second kappa shape index (κ2) is 9.35. The fourth-order valence-electron chi connectivity index (χ4n) is 3.01. The van der Waals surface area contributed by atoms with Crippen molar-refractivity contribution in [2.75, 3.05) is 26.0 Å². The van der Waals surface area contributed by atoms with E-state index in [0.717, 1.165) is 0 Å². The molecule has 0 aromatic heterocycles. The van der Waals surface area contributed by atoms with E-state index in [4.69, 9.17) is 27.9 Å². The molecule has 1 aliphatic rings. The summed E-state index contributed by atoms with van der Waals surface area (Å²) in [5, 5.41) is 2.72. The van der Waals surface area contributed by atoms with Crippen molar-refractivity contribution in [3.05, 3.63) is 57.1 Å². The number of ether oxygens (including phenoxy) is 1. The first-order valence-corrected chi connectivity index (χ1v) is 11.7. The Hall–Kier alpha value is -2.57. The predicted octanol–water partition coefficient (Wildman–Crippen LogP) is 2.97.